The average molecular weight is 284 g/mol. The van der Waals surface area contributed by atoms with Crippen molar-refractivity contribution < 1.29 is 9.53 Å². The van der Waals surface area contributed by atoms with Crippen molar-refractivity contribution >= 4 is 5.97 Å². The number of nitrogens with zero attached hydrogens (tertiary/aromatic N) is 1. The van der Waals surface area contributed by atoms with E-state index in [1.54, 1.807) is 0 Å². The van der Waals surface area contributed by atoms with Crippen molar-refractivity contribution in [2.45, 2.75) is 65.0 Å². The summed E-state index contributed by atoms with van der Waals surface area (Å²) in [7, 11) is 1.84. The minimum atomic E-state index is -0.555. The van der Waals surface area contributed by atoms with Crippen LogP contribution in [0.5, 0.6) is 0 Å². The SMILES string of the molecule is CCOC(=O)C(C)(CCCN1CCCC(C)C1C)NC. The van der Waals surface area contributed by atoms with Gasteiger partial charge in [-0.05, 0) is 72.5 Å². The summed E-state index contributed by atoms with van der Waals surface area (Å²) in [5, 5.41) is 3.13. The summed E-state index contributed by atoms with van der Waals surface area (Å²) < 4.78 is 5.16. The van der Waals surface area contributed by atoms with Gasteiger partial charge in [-0.1, -0.05) is 6.92 Å². The number of rotatable bonds is 7. The van der Waals surface area contributed by atoms with Gasteiger partial charge in [0.25, 0.3) is 0 Å². The zero-order chi connectivity index (χ0) is 15.2. The minimum Gasteiger partial charge on any atom is -0.465 e. The molecule has 0 bridgehead atoms. The van der Waals surface area contributed by atoms with Gasteiger partial charge in [-0.2, -0.15) is 0 Å². The van der Waals surface area contributed by atoms with E-state index in [4.69, 9.17) is 4.74 Å². The molecule has 0 aromatic heterocycles. The van der Waals surface area contributed by atoms with E-state index in [9.17, 15) is 4.79 Å². The molecule has 1 rings (SSSR count). The lowest BCUT2D eigenvalue weighted by atomic mass is 9.91. The molecule has 4 heteroatoms. The Bertz CT molecular complexity index is 309. The minimum absolute atomic E-state index is 0.137. The first-order valence-electron chi connectivity index (χ1n) is 8.04. The molecule has 0 aromatic rings. The molecule has 0 amide bonds. The van der Waals surface area contributed by atoms with Crippen LogP contribution in [-0.4, -0.2) is 49.2 Å². The highest BCUT2D eigenvalue weighted by Crippen LogP contribution is 2.24. The molecule has 118 valence electrons. The van der Waals surface area contributed by atoms with Crippen LogP contribution in [-0.2, 0) is 9.53 Å². The maximum atomic E-state index is 12.0. The van der Waals surface area contributed by atoms with Gasteiger partial charge in [-0.15, -0.1) is 0 Å². The average Bonchev–Trinajstić information content (AvgIpc) is 2.43. The number of carbonyl (C=O) groups is 1. The van der Waals surface area contributed by atoms with Crippen LogP contribution >= 0.6 is 0 Å². The topological polar surface area (TPSA) is 41.6 Å². The maximum absolute atomic E-state index is 12.0. The number of likely N-dealkylation sites (tertiary alicyclic amines) is 1. The lowest BCUT2D eigenvalue weighted by Crippen LogP contribution is -2.49. The molecule has 1 heterocycles. The third-order valence-corrected chi connectivity index (χ3v) is 4.90. The van der Waals surface area contributed by atoms with Gasteiger partial charge in [-0.3, -0.25) is 4.79 Å². The molecule has 0 spiro atoms. The standard InChI is InChI=1S/C16H32N2O2/c1-6-20-15(19)16(4,17-5)10-8-12-18-11-7-9-13(2)14(18)3/h13-14,17H,6-12H2,1-5H3. The number of carbonyl (C=O) groups excluding carboxylic acids is 1. The van der Waals surface area contributed by atoms with Crippen molar-refractivity contribution in [2.75, 3.05) is 26.7 Å². The lowest BCUT2D eigenvalue weighted by Gasteiger charge is -2.38. The fourth-order valence-corrected chi connectivity index (χ4v) is 2.99. The Hall–Kier alpha value is -0.610. The number of esters is 1. The van der Waals surface area contributed by atoms with Gasteiger partial charge in [0, 0.05) is 6.04 Å². The van der Waals surface area contributed by atoms with Gasteiger partial charge < -0.3 is 15.0 Å². The van der Waals surface area contributed by atoms with Crippen LogP contribution < -0.4 is 5.32 Å². The Kier molecular flexibility index (Phi) is 6.96. The molecular weight excluding hydrogens is 252 g/mol. The Morgan fingerprint density at radius 1 is 1.45 bits per heavy atom. The Labute approximate surface area is 124 Å². The van der Waals surface area contributed by atoms with E-state index in [-0.39, 0.29) is 5.97 Å². The molecule has 1 N–H and O–H groups in total. The van der Waals surface area contributed by atoms with Crippen LogP contribution in [0.2, 0.25) is 0 Å². The summed E-state index contributed by atoms with van der Waals surface area (Å²) >= 11 is 0. The molecule has 1 aliphatic heterocycles. The number of hydrogen-bond donors (Lipinski definition) is 1. The van der Waals surface area contributed by atoms with E-state index >= 15 is 0 Å². The molecule has 0 radical (unpaired) electrons. The predicted octanol–water partition coefficient (Wildman–Crippen LogP) is 2.43. The van der Waals surface area contributed by atoms with Gasteiger partial charge in [0.15, 0.2) is 0 Å². The fraction of sp³-hybridized carbons (Fsp3) is 0.938. The molecule has 0 saturated carbocycles. The third-order valence-electron chi connectivity index (χ3n) is 4.90. The first-order valence-corrected chi connectivity index (χ1v) is 8.04. The highest BCUT2D eigenvalue weighted by Gasteiger charge is 2.33. The second kappa shape index (κ2) is 7.99. The Morgan fingerprint density at radius 2 is 2.15 bits per heavy atom. The van der Waals surface area contributed by atoms with Crippen LogP contribution in [0.4, 0.5) is 0 Å². The first-order chi connectivity index (χ1) is 9.44. The highest BCUT2D eigenvalue weighted by atomic mass is 16.5. The summed E-state index contributed by atoms with van der Waals surface area (Å²) in [5.41, 5.74) is -0.555. The number of ether oxygens (including phenoxy) is 1. The summed E-state index contributed by atoms with van der Waals surface area (Å²) in [6, 6.07) is 0.659. The van der Waals surface area contributed by atoms with E-state index in [0.717, 1.165) is 25.3 Å². The van der Waals surface area contributed by atoms with Crippen molar-refractivity contribution in [3.05, 3.63) is 0 Å². The molecule has 3 atom stereocenters. The molecule has 1 aliphatic rings. The maximum Gasteiger partial charge on any atom is 0.326 e. The lowest BCUT2D eigenvalue weighted by molar-refractivity contribution is -0.150. The van der Waals surface area contributed by atoms with E-state index in [1.165, 1.54) is 19.4 Å². The van der Waals surface area contributed by atoms with Crippen molar-refractivity contribution in [2.24, 2.45) is 5.92 Å². The largest absolute Gasteiger partial charge is 0.465 e. The number of hydrogen-bond acceptors (Lipinski definition) is 4. The molecule has 1 fully saturated rings. The zero-order valence-electron chi connectivity index (χ0n) is 13.9. The Balaban J connectivity index is 2.43. The number of likely N-dealkylation sites (N-methyl/N-ethyl adjacent to an activating group) is 1. The van der Waals surface area contributed by atoms with Crippen molar-refractivity contribution in [3.63, 3.8) is 0 Å². The van der Waals surface area contributed by atoms with Gasteiger partial charge in [0.1, 0.15) is 5.54 Å². The predicted molar refractivity (Wildman–Crippen MR) is 82.8 cm³/mol. The second-order valence-corrected chi connectivity index (χ2v) is 6.30. The molecule has 1 saturated heterocycles. The first kappa shape index (κ1) is 17.4. The third kappa shape index (κ3) is 4.45. The quantitative estimate of drug-likeness (QED) is 0.729. The summed E-state index contributed by atoms with van der Waals surface area (Å²) in [5.74, 6) is 0.645. The summed E-state index contributed by atoms with van der Waals surface area (Å²) in [6.07, 6.45) is 4.48. The van der Waals surface area contributed by atoms with Gasteiger partial charge in [-0.25, -0.2) is 0 Å². The van der Waals surface area contributed by atoms with Gasteiger partial charge in [0.2, 0.25) is 0 Å². The number of nitrogens with one attached hydrogen (secondary N) is 1. The number of piperidine rings is 1. The van der Waals surface area contributed by atoms with E-state index in [1.807, 2.05) is 20.9 Å². The van der Waals surface area contributed by atoms with E-state index < -0.39 is 5.54 Å². The summed E-state index contributed by atoms with van der Waals surface area (Å²) in [6.45, 7) is 11.2. The molecule has 0 aromatic carbocycles. The van der Waals surface area contributed by atoms with E-state index in [0.29, 0.717) is 12.6 Å². The smallest absolute Gasteiger partial charge is 0.326 e. The van der Waals surface area contributed by atoms with Crippen molar-refractivity contribution in [1.29, 1.82) is 0 Å². The second-order valence-electron chi connectivity index (χ2n) is 6.30. The molecule has 3 unspecified atom stereocenters. The van der Waals surface area contributed by atoms with Crippen LogP contribution in [0.3, 0.4) is 0 Å². The fourth-order valence-electron chi connectivity index (χ4n) is 2.99. The zero-order valence-corrected chi connectivity index (χ0v) is 13.9. The van der Waals surface area contributed by atoms with Gasteiger partial charge >= 0.3 is 5.97 Å². The van der Waals surface area contributed by atoms with Crippen LogP contribution in [0, 0.1) is 5.92 Å². The van der Waals surface area contributed by atoms with E-state index in [2.05, 4.69) is 24.1 Å². The van der Waals surface area contributed by atoms with Crippen LogP contribution in [0.25, 0.3) is 0 Å². The molecule has 20 heavy (non-hydrogen) atoms. The normalized spacial score (nSPS) is 27.1. The monoisotopic (exact) mass is 284 g/mol. The Morgan fingerprint density at radius 3 is 2.75 bits per heavy atom. The molecular formula is C16H32N2O2. The molecule has 4 nitrogen and oxygen atoms in total. The van der Waals surface area contributed by atoms with Gasteiger partial charge in [0.05, 0.1) is 6.61 Å². The highest BCUT2D eigenvalue weighted by molar-refractivity contribution is 5.80. The van der Waals surface area contributed by atoms with Crippen molar-refractivity contribution in [3.8, 4) is 0 Å². The van der Waals surface area contributed by atoms with Crippen molar-refractivity contribution in [1.82, 2.24) is 10.2 Å². The summed E-state index contributed by atoms with van der Waals surface area (Å²) in [4.78, 5) is 14.6. The molecule has 0 aliphatic carbocycles. The van der Waals surface area contributed by atoms with Crippen LogP contribution in [0.1, 0.15) is 53.4 Å². The van der Waals surface area contributed by atoms with Crippen LogP contribution in [0.15, 0.2) is 0 Å².